The van der Waals surface area contributed by atoms with Crippen LogP contribution in [0.2, 0.25) is 0 Å². The topological polar surface area (TPSA) is 93.2 Å². The minimum Gasteiger partial charge on any atom is -0.490 e. The van der Waals surface area contributed by atoms with Crippen LogP contribution in [-0.4, -0.2) is 37.5 Å². The molecule has 0 saturated carbocycles. The van der Waals surface area contributed by atoms with Gasteiger partial charge in [0, 0.05) is 36.1 Å². The van der Waals surface area contributed by atoms with Crippen molar-refractivity contribution in [3.63, 3.8) is 0 Å². The van der Waals surface area contributed by atoms with Crippen LogP contribution in [0.25, 0.3) is 0 Å². The Morgan fingerprint density at radius 2 is 1.94 bits per heavy atom. The molecule has 1 aromatic heterocycles. The summed E-state index contributed by atoms with van der Waals surface area (Å²) >= 11 is 0.722. The van der Waals surface area contributed by atoms with Gasteiger partial charge in [-0.3, -0.25) is 4.72 Å². The number of nitrogens with zero attached hydrogens (tertiary/aromatic N) is 2. The van der Waals surface area contributed by atoms with Crippen LogP contribution in [0, 0.1) is 23.4 Å². The number of rotatable bonds is 8. The van der Waals surface area contributed by atoms with Gasteiger partial charge in [-0.1, -0.05) is 6.07 Å². The van der Waals surface area contributed by atoms with Crippen molar-refractivity contribution in [3.8, 4) is 5.75 Å². The summed E-state index contributed by atoms with van der Waals surface area (Å²) in [5, 5.41) is 3.01. The van der Waals surface area contributed by atoms with Crippen molar-refractivity contribution in [1.29, 1.82) is 0 Å². The quantitative estimate of drug-likeness (QED) is 0.415. The first-order chi connectivity index (χ1) is 16.7. The Kier molecular flexibility index (Phi) is 7.52. The lowest BCUT2D eigenvalue weighted by Crippen LogP contribution is -2.38. The van der Waals surface area contributed by atoms with Crippen LogP contribution in [0.4, 0.5) is 27.1 Å². The van der Waals surface area contributed by atoms with E-state index in [1.807, 2.05) is 4.72 Å². The van der Waals surface area contributed by atoms with E-state index in [-0.39, 0.29) is 23.6 Å². The largest absolute Gasteiger partial charge is 0.490 e. The molecule has 2 N–H and O–H groups in total. The average molecular weight is 535 g/mol. The summed E-state index contributed by atoms with van der Waals surface area (Å²) in [6.45, 7) is 0.860. The summed E-state index contributed by atoms with van der Waals surface area (Å²) in [4.78, 5) is 2.71. The zero-order valence-electron chi connectivity index (χ0n) is 17.9. The molecule has 3 aromatic rings. The molecule has 2 aromatic carbocycles. The first-order valence-corrected chi connectivity index (χ1v) is 12.6. The van der Waals surface area contributed by atoms with Crippen molar-refractivity contribution in [2.45, 2.75) is 23.7 Å². The number of hydrogen-bond donors (Lipinski definition) is 2. The fraction of sp³-hybridized carbons (Fsp3) is 0.333. The lowest BCUT2D eigenvalue weighted by molar-refractivity contribution is 0.146. The first kappa shape index (κ1) is 25.3. The lowest BCUT2D eigenvalue weighted by Gasteiger charge is -2.32. The summed E-state index contributed by atoms with van der Waals surface area (Å²) in [6.07, 6.45) is -1.34. The minimum absolute atomic E-state index is 0.114. The third-order valence-electron chi connectivity index (χ3n) is 5.60. The van der Waals surface area contributed by atoms with E-state index in [2.05, 4.69) is 14.7 Å². The molecule has 2 heterocycles. The number of anilines is 1. The van der Waals surface area contributed by atoms with Gasteiger partial charge in [0.15, 0.2) is 11.6 Å². The number of benzene rings is 2. The van der Waals surface area contributed by atoms with E-state index in [1.54, 1.807) is 0 Å². The van der Waals surface area contributed by atoms with Crippen LogP contribution in [0.1, 0.15) is 29.9 Å². The zero-order valence-corrected chi connectivity index (χ0v) is 19.5. The molecule has 1 fully saturated rings. The van der Waals surface area contributed by atoms with Crippen LogP contribution in [-0.2, 0) is 10.0 Å². The normalized spacial score (nSPS) is 18.6. The molecule has 4 rings (SSSR count). The molecule has 0 spiro atoms. The second kappa shape index (κ2) is 10.4. The van der Waals surface area contributed by atoms with Crippen molar-refractivity contribution in [3.05, 3.63) is 65.2 Å². The van der Waals surface area contributed by atoms with Gasteiger partial charge in [-0.05, 0) is 36.6 Å². The van der Waals surface area contributed by atoms with Gasteiger partial charge < -0.3 is 10.1 Å². The number of hydrogen-bond acceptors (Lipinski definition) is 7. The molecule has 0 radical (unpaired) electrons. The molecular formula is C21H19F5N4O3S2. The van der Waals surface area contributed by atoms with Gasteiger partial charge in [0.1, 0.15) is 22.9 Å². The predicted octanol–water partition coefficient (Wildman–Crippen LogP) is 4.47. The van der Waals surface area contributed by atoms with E-state index in [4.69, 9.17) is 4.74 Å². The molecule has 35 heavy (non-hydrogen) atoms. The van der Waals surface area contributed by atoms with E-state index < -0.39 is 50.1 Å². The molecule has 7 nitrogen and oxygen atoms in total. The van der Waals surface area contributed by atoms with Crippen molar-refractivity contribution in [2.75, 3.05) is 24.4 Å². The van der Waals surface area contributed by atoms with E-state index in [9.17, 15) is 30.4 Å². The summed E-state index contributed by atoms with van der Waals surface area (Å²) in [6, 6.07) is 4.66. The summed E-state index contributed by atoms with van der Waals surface area (Å²) in [5.41, 5.74) is -0.208. The fourth-order valence-corrected chi connectivity index (χ4v) is 5.64. The van der Waals surface area contributed by atoms with Crippen molar-refractivity contribution >= 4 is 26.7 Å². The molecule has 1 saturated heterocycles. The fourth-order valence-electron chi connectivity index (χ4n) is 3.91. The smallest absolute Gasteiger partial charge is 0.266 e. The van der Waals surface area contributed by atoms with Crippen LogP contribution < -0.4 is 14.8 Å². The Bertz CT molecular complexity index is 1290. The van der Waals surface area contributed by atoms with E-state index in [0.717, 1.165) is 30.0 Å². The van der Waals surface area contributed by atoms with Gasteiger partial charge in [0.05, 0.1) is 12.2 Å². The Balaban J connectivity index is 1.51. The molecule has 0 bridgehead atoms. The molecule has 1 aliphatic heterocycles. The van der Waals surface area contributed by atoms with Crippen molar-refractivity contribution in [1.82, 2.24) is 14.7 Å². The molecule has 0 amide bonds. The number of piperidine rings is 1. The highest BCUT2D eigenvalue weighted by molar-refractivity contribution is 7.93. The predicted molar refractivity (Wildman–Crippen MR) is 118 cm³/mol. The van der Waals surface area contributed by atoms with Gasteiger partial charge >= 0.3 is 0 Å². The number of ether oxygens (including phenoxy) is 1. The maximum Gasteiger partial charge on any atom is 0.266 e. The van der Waals surface area contributed by atoms with E-state index >= 15 is 0 Å². The van der Waals surface area contributed by atoms with Crippen molar-refractivity contribution in [2.24, 2.45) is 5.92 Å². The van der Waals surface area contributed by atoms with Crippen molar-refractivity contribution < 1.29 is 35.1 Å². The Labute approximate surface area is 201 Å². The SMILES string of the molecule is O=S(=O)(Nc1ncns1)c1cc(F)c(OC[C@@H]2CNCC[C@H]2c2ccc(F)c(C(F)F)c2)cc1F. The highest BCUT2D eigenvalue weighted by Gasteiger charge is 2.30. The van der Waals surface area contributed by atoms with Gasteiger partial charge in [0.25, 0.3) is 16.4 Å². The highest BCUT2D eigenvalue weighted by Crippen LogP contribution is 2.35. The van der Waals surface area contributed by atoms with Gasteiger partial charge in [-0.15, -0.1) is 0 Å². The highest BCUT2D eigenvalue weighted by atomic mass is 32.2. The second-order valence-corrected chi connectivity index (χ2v) is 10.2. The van der Waals surface area contributed by atoms with Crippen LogP contribution in [0.5, 0.6) is 5.75 Å². The Hall–Kier alpha value is -2.84. The Morgan fingerprint density at radius 1 is 1.14 bits per heavy atom. The average Bonchev–Trinajstić information content (AvgIpc) is 3.32. The molecule has 188 valence electrons. The summed E-state index contributed by atoms with van der Waals surface area (Å²) in [7, 11) is -4.46. The maximum atomic E-state index is 14.6. The molecule has 14 heteroatoms. The van der Waals surface area contributed by atoms with E-state index in [1.165, 1.54) is 6.07 Å². The van der Waals surface area contributed by atoms with Crippen LogP contribution in [0.15, 0.2) is 41.6 Å². The second-order valence-electron chi connectivity index (χ2n) is 7.82. The number of sulfonamides is 1. The lowest BCUT2D eigenvalue weighted by atomic mass is 9.81. The monoisotopic (exact) mass is 534 g/mol. The number of alkyl halides is 2. The van der Waals surface area contributed by atoms with Crippen LogP contribution >= 0.6 is 11.5 Å². The standard InChI is InChI=1S/C21H19F5N4O3S2/c22-15-2-1-11(5-14(15)20(25)26)13-3-4-27-8-12(13)9-33-18-6-17(24)19(7-16(18)23)35(31,32)30-21-28-10-29-34-21/h1-2,5-7,10,12-13,20,27H,3-4,8-9H2,(H,28,29,30)/t12-,13-/m0/s1. The van der Waals surface area contributed by atoms with Gasteiger partial charge in [0.2, 0.25) is 5.13 Å². The summed E-state index contributed by atoms with van der Waals surface area (Å²) in [5.74, 6) is -4.47. The molecule has 2 atom stereocenters. The molecular weight excluding hydrogens is 515 g/mol. The molecule has 0 unspecified atom stereocenters. The molecule has 1 aliphatic rings. The van der Waals surface area contributed by atoms with Gasteiger partial charge in [-0.2, -0.15) is 4.37 Å². The number of nitrogens with one attached hydrogen (secondary N) is 2. The van der Waals surface area contributed by atoms with E-state index in [0.29, 0.717) is 37.2 Å². The first-order valence-electron chi connectivity index (χ1n) is 10.3. The maximum absolute atomic E-state index is 14.6. The molecule has 0 aliphatic carbocycles. The minimum atomic E-state index is -4.46. The number of halogens is 5. The third kappa shape index (κ3) is 5.70. The number of aromatic nitrogens is 2. The van der Waals surface area contributed by atoms with Crippen LogP contribution in [0.3, 0.4) is 0 Å². The summed E-state index contributed by atoms with van der Waals surface area (Å²) < 4.78 is 105. The zero-order chi connectivity index (χ0) is 25.2. The van der Waals surface area contributed by atoms with Gasteiger partial charge in [-0.25, -0.2) is 35.4 Å². The Morgan fingerprint density at radius 3 is 2.66 bits per heavy atom. The third-order valence-corrected chi connectivity index (χ3v) is 7.67.